The van der Waals surface area contributed by atoms with E-state index >= 15 is 0 Å². The monoisotopic (exact) mass is 366 g/mol. The molecule has 2 rings (SSSR count). The molecule has 2 aromatic rings. The number of rotatable bonds is 4. The molecular formula is C11H8Cl2N2O4S2. The number of carboxylic acids is 1. The summed E-state index contributed by atoms with van der Waals surface area (Å²) in [5, 5.41) is 9.32. The van der Waals surface area contributed by atoms with Crippen molar-refractivity contribution in [1.82, 2.24) is 4.37 Å². The Morgan fingerprint density at radius 2 is 1.86 bits per heavy atom. The van der Waals surface area contributed by atoms with Crippen molar-refractivity contribution < 1.29 is 18.3 Å². The SMILES string of the molecule is Cc1nsc(NS(=O)(=O)c2cc(Cl)cc(Cl)c2)c1C(=O)O. The molecule has 0 unspecified atom stereocenters. The first kappa shape index (κ1) is 16.0. The Bertz CT molecular complexity index is 797. The molecule has 0 spiro atoms. The van der Waals surface area contributed by atoms with Crippen LogP contribution in [-0.2, 0) is 10.0 Å². The highest BCUT2D eigenvalue weighted by Crippen LogP contribution is 2.29. The number of nitrogens with zero attached hydrogens (tertiary/aromatic N) is 1. The Kier molecular flexibility index (Phi) is 4.43. The molecule has 112 valence electrons. The molecule has 0 aliphatic carbocycles. The van der Waals surface area contributed by atoms with Crippen LogP contribution in [-0.4, -0.2) is 23.9 Å². The summed E-state index contributed by atoms with van der Waals surface area (Å²) < 4.78 is 30.5. The van der Waals surface area contributed by atoms with E-state index in [2.05, 4.69) is 9.10 Å². The minimum atomic E-state index is -4.01. The highest BCUT2D eigenvalue weighted by molar-refractivity contribution is 7.93. The third-order valence-electron chi connectivity index (χ3n) is 2.45. The van der Waals surface area contributed by atoms with Gasteiger partial charge in [0.1, 0.15) is 10.6 Å². The fourth-order valence-corrected chi connectivity index (χ4v) is 4.36. The summed E-state index contributed by atoms with van der Waals surface area (Å²) in [7, 11) is -4.01. The second kappa shape index (κ2) is 5.80. The molecule has 1 aromatic heterocycles. The first-order valence-electron chi connectivity index (χ1n) is 5.39. The first-order valence-corrected chi connectivity index (χ1v) is 8.40. The van der Waals surface area contributed by atoms with Gasteiger partial charge in [-0.25, -0.2) is 13.2 Å². The number of aromatic nitrogens is 1. The van der Waals surface area contributed by atoms with E-state index in [1.807, 2.05) is 0 Å². The largest absolute Gasteiger partial charge is 0.478 e. The van der Waals surface area contributed by atoms with Crippen LogP contribution in [0.3, 0.4) is 0 Å². The van der Waals surface area contributed by atoms with Gasteiger partial charge in [-0.15, -0.1) is 0 Å². The molecule has 1 aromatic carbocycles. The van der Waals surface area contributed by atoms with Crippen molar-refractivity contribution in [2.45, 2.75) is 11.8 Å². The fourth-order valence-electron chi connectivity index (χ4n) is 1.56. The molecule has 0 aliphatic heterocycles. The van der Waals surface area contributed by atoms with Crippen LogP contribution in [0.2, 0.25) is 10.0 Å². The number of carbonyl (C=O) groups is 1. The topological polar surface area (TPSA) is 96.4 Å². The summed E-state index contributed by atoms with van der Waals surface area (Å²) in [6.45, 7) is 1.48. The van der Waals surface area contributed by atoms with E-state index < -0.39 is 16.0 Å². The van der Waals surface area contributed by atoms with Crippen LogP contribution >= 0.6 is 34.7 Å². The van der Waals surface area contributed by atoms with Crippen LogP contribution in [0.4, 0.5) is 5.00 Å². The minimum Gasteiger partial charge on any atom is -0.478 e. The smallest absolute Gasteiger partial charge is 0.340 e. The quantitative estimate of drug-likeness (QED) is 0.865. The molecule has 0 amide bonds. The van der Waals surface area contributed by atoms with E-state index in [9.17, 15) is 13.2 Å². The van der Waals surface area contributed by atoms with Gasteiger partial charge in [0.05, 0.1) is 10.6 Å². The highest BCUT2D eigenvalue weighted by Gasteiger charge is 2.23. The molecule has 0 saturated carbocycles. The molecule has 1 heterocycles. The van der Waals surface area contributed by atoms with Gasteiger partial charge in [0, 0.05) is 10.0 Å². The van der Waals surface area contributed by atoms with Crippen molar-refractivity contribution in [2.24, 2.45) is 0 Å². The van der Waals surface area contributed by atoms with Crippen LogP contribution < -0.4 is 4.72 Å². The number of aryl methyl sites for hydroxylation is 1. The van der Waals surface area contributed by atoms with Crippen molar-refractivity contribution in [3.63, 3.8) is 0 Å². The summed E-state index contributed by atoms with van der Waals surface area (Å²) in [4.78, 5) is 11.0. The number of anilines is 1. The lowest BCUT2D eigenvalue weighted by Gasteiger charge is -2.07. The van der Waals surface area contributed by atoms with E-state index in [1.165, 1.54) is 25.1 Å². The maximum atomic E-state index is 12.2. The van der Waals surface area contributed by atoms with Gasteiger partial charge >= 0.3 is 5.97 Å². The molecule has 0 saturated heterocycles. The first-order chi connectivity index (χ1) is 9.70. The van der Waals surface area contributed by atoms with E-state index in [4.69, 9.17) is 28.3 Å². The number of hydrogen-bond acceptors (Lipinski definition) is 5. The lowest BCUT2D eigenvalue weighted by atomic mass is 10.2. The maximum absolute atomic E-state index is 12.2. The van der Waals surface area contributed by atoms with Crippen molar-refractivity contribution >= 4 is 55.7 Å². The van der Waals surface area contributed by atoms with Gasteiger partial charge in [-0.3, -0.25) is 4.72 Å². The van der Waals surface area contributed by atoms with Gasteiger partial charge in [-0.1, -0.05) is 23.2 Å². The summed E-state index contributed by atoms with van der Waals surface area (Å²) >= 11 is 12.3. The second-order valence-electron chi connectivity index (χ2n) is 3.99. The normalized spacial score (nSPS) is 11.4. The summed E-state index contributed by atoms with van der Waals surface area (Å²) in [5.74, 6) is -1.26. The van der Waals surface area contributed by atoms with Crippen LogP contribution in [0.15, 0.2) is 23.1 Å². The van der Waals surface area contributed by atoms with E-state index in [1.54, 1.807) is 0 Å². The number of benzene rings is 1. The van der Waals surface area contributed by atoms with Crippen molar-refractivity contribution in [3.8, 4) is 0 Å². The third-order valence-corrected chi connectivity index (χ3v) is 5.20. The third kappa shape index (κ3) is 3.46. The number of halogens is 2. The zero-order valence-electron chi connectivity index (χ0n) is 10.4. The molecule has 0 radical (unpaired) electrons. The van der Waals surface area contributed by atoms with Gasteiger partial charge < -0.3 is 5.11 Å². The number of aromatic carboxylic acids is 1. The second-order valence-corrected chi connectivity index (χ2v) is 7.32. The minimum absolute atomic E-state index is 0.0731. The molecule has 0 atom stereocenters. The van der Waals surface area contributed by atoms with Gasteiger partial charge in [-0.2, -0.15) is 4.37 Å². The van der Waals surface area contributed by atoms with Crippen LogP contribution in [0.25, 0.3) is 0 Å². The molecule has 0 fully saturated rings. The molecular weight excluding hydrogens is 359 g/mol. The standard InChI is InChI=1S/C11H8Cl2N2O4S2/c1-5-9(11(16)17)10(20-14-5)15-21(18,19)8-3-6(12)2-7(13)4-8/h2-4,15H,1H3,(H,16,17). The Balaban J connectivity index is 2.45. The zero-order chi connectivity index (χ0) is 15.8. The molecule has 21 heavy (non-hydrogen) atoms. The molecule has 6 nitrogen and oxygen atoms in total. The molecule has 0 bridgehead atoms. The van der Waals surface area contributed by atoms with Crippen LogP contribution in [0, 0.1) is 6.92 Å². The van der Waals surface area contributed by atoms with Gasteiger partial charge in [0.25, 0.3) is 10.0 Å². The molecule has 0 aliphatic rings. The van der Waals surface area contributed by atoms with E-state index in [0.717, 1.165) is 11.5 Å². The lowest BCUT2D eigenvalue weighted by Crippen LogP contribution is -2.14. The van der Waals surface area contributed by atoms with Gasteiger partial charge in [0.15, 0.2) is 0 Å². The van der Waals surface area contributed by atoms with Crippen molar-refractivity contribution in [3.05, 3.63) is 39.5 Å². The Morgan fingerprint density at radius 1 is 1.29 bits per heavy atom. The fraction of sp³-hybridized carbons (Fsp3) is 0.0909. The Labute approximate surface area is 134 Å². The summed E-state index contributed by atoms with van der Waals surface area (Å²) in [5.41, 5.74) is 0.0472. The van der Waals surface area contributed by atoms with Crippen molar-refractivity contribution in [1.29, 1.82) is 0 Å². The number of hydrogen-bond donors (Lipinski definition) is 2. The number of nitrogens with one attached hydrogen (secondary N) is 1. The zero-order valence-corrected chi connectivity index (χ0v) is 13.6. The Hall–Kier alpha value is -1.35. The van der Waals surface area contributed by atoms with Crippen LogP contribution in [0.5, 0.6) is 0 Å². The van der Waals surface area contributed by atoms with Gasteiger partial charge in [-0.05, 0) is 36.7 Å². The average Bonchev–Trinajstić information content (AvgIpc) is 2.68. The molecule has 10 heteroatoms. The van der Waals surface area contributed by atoms with E-state index in [0.29, 0.717) is 0 Å². The summed E-state index contributed by atoms with van der Waals surface area (Å²) in [6, 6.07) is 3.82. The predicted octanol–water partition coefficient (Wildman–Crippen LogP) is 3.26. The van der Waals surface area contributed by atoms with Gasteiger partial charge in [0.2, 0.25) is 0 Å². The predicted molar refractivity (Wildman–Crippen MR) is 81.1 cm³/mol. The summed E-state index contributed by atoms with van der Waals surface area (Å²) in [6.07, 6.45) is 0. The maximum Gasteiger partial charge on any atom is 0.340 e. The molecule has 2 N–H and O–H groups in total. The lowest BCUT2D eigenvalue weighted by molar-refractivity contribution is 0.0697. The van der Waals surface area contributed by atoms with Crippen molar-refractivity contribution in [2.75, 3.05) is 4.72 Å². The van der Waals surface area contributed by atoms with E-state index in [-0.39, 0.29) is 31.2 Å². The van der Waals surface area contributed by atoms with Crippen LogP contribution in [0.1, 0.15) is 16.1 Å². The highest BCUT2D eigenvalue weighted by atomic mass is 35.5. The number of carboxylic acid groups (broad SMARTS) is 1. The number of sulfonamides is 1. The Morgan fingerprint density at radius 3 is 2.38 bits per heavy atom. The average molecular weight is 367 g/mol.